The normalized spacial score (nSPS) is 16.9. The maximum absolute atomic E-state index is 12.9. The Morgan fingerprint density at radius 2 is 1.91 bits per heavy atom. The minimum atomic E-state index is -0.0603. The number of carbonyl (C=O) groups excluding carboxylic acids is 1. The lowest BCUT2D eigenvalue weighted by Gasteiger charge is -2.36. The molecule has 2 aliphatic rings. The van der Waals surface area contributed by atoms with Gasteiger partial charge >= 0.3 is 6.03 Å². The molecule has 1 fully saturated rings. The number of benzene rings is 1. The predicted octanol–water partition coefficient (Wildman–Crippen LogP) is 5.31. The summed E-state index contributed by atoms with van der Waals surface area (Å²) in [6.07, 6.45) is 1.05. The molecule has 34 heavy (non-hydrogen) atoms. The van der Waals surface area contributed by atoms with E-state index in [2.05, 4.69) is 51.8 Å². The molecule has 9 heteroatoms. The fraction of sp³-hybridized carbons (Fsp3) is 0.480. The quantitative estimate of drug-likeness (QED) is 0.484. The minimum absolute atomic E-state index is 0.0603. The lowest BCUT2D eigenvalue weighted by molar-refractivity contribution is 0.208. The number of aromatic nitrogens is 2. The third kappa shape index (κ3) is 4.53. The number of amides is 2. The molecule has 0 unspecified atom stereocenters. The summed E-state index contributed by atoms with van der Waals surface area (Å²) in [6.45, 7) is 12.6. The van der Waals surface area contributed by atoms with Crippen molar-refractivity contribution in [2.75, 3.05) is 49.5 Å². The van der Waals surface area contributed by atoms with Gasteiger partial charge in [-0.15, -0.1) is 11.3 Å². The predicted molar refractivity (Wildman–Crippen MR) is 143 cm³/mol. The number of thiophene rings is 1. The number of urea groups is 1. The van der Waals surface area contributed by atoms with E-state index in [1.165, 1.54) is 15.8 Å². The molecule has 7 nitrogen and oxygen atoms in total. The highest BCUT2D eigenvalue weighted by molar-refractivity contribution is 9.10. The minimum Gasteiger partial charge on any atom is -0.352 e. The number of likely N-dealkylation sites (N-methyl/N-ethyl adjacent to an activating group) is 1. The van der Waals surface area contributed by atoms with Crippen molar-refractivity contribution in [2.24, 2.45) is 0 Å². The number of nitrogens with zero attached hydrogens (tertiary/aromatic N) is 5. The van der Waals surface area contributed by atoms with E-state index in [1.54, 1.807) is 0 Å². The van der Waals surface area contributed by atoms with Crippen LogP contribution in [0.2, 0.25) is 0 Å². The fourth-order valence-corrected chi connectivity index (χ4v) is 6.33. The van der Waals surface area contributed by atoms with Gasteiger partial charge in [0.2, 0.25) is 0 Å². The number of anilines is 2. The molecule has 0 radical (unpaired) electrons. The van der Waals surface area contributed by atoms with Gasteiger partial charge in [-0.1, -0.05) is 32.9 Å². The zero-order chi connectivity index (χ0) is 23.8. The van der Waals surface area contributed by atoms with Crippen molar-refractivity contribution < 1.29 is 4.79 Å². The van der Waals surface area contributed by atoms with Crippen LogP contribution in [0, 0.1) is 0 Å². The largest absolute Gasteiger partial charge is 0.352 e. The van der Waals surface area contributed by atoms with E-state index >= 15 is 0 Å². The maximum atomic E-state index is 12.9. The van der Waals surface area contributed by atoms with Crippen molar-refractivity contribution in [3.63, 3.8) is 0 Å². The Bertz CT molecular complexity index is 1200. The topological polar surface area (TPSA) is 64.6 Å². The van der Waals surface area contributed by atoms with Gasteiger partial charge in [-0.2, -0.15) is 0 Å². The monoisotopic (exact) mass is 542 g/mol. The van der Waals surface area contributed by atoms with Gasteiger partial charge < -0.3 is 15.1 Å². The second-order valence-electron chi connectivity index (χ2n) is 9.25. The molecular formula is C25H31BrN6OS. The zero-order valence-corrected chi connectivity index (χ0v) is 22.4. The van der Waals surface area contributed by atoms with Crippen LogP contribution in [-0.2, 0) is 13.0 Å². The number of rotatable bonds is 4. The molecule has 0 atom stereocenters. The molecule has 1 N–H and O–H groups in total. The first kappa shape index (κ1) is 23.5. The standard InChI is InChI=1S/C25H31BrN6OS/c1-4-30-10-9-17-20(15-30)34-24-21(17)23(28-22(29-24)16(2)3)31-11-13-32(14-12-31)25(33)27-19-8-6-5-7-18(19)26/h5-8,16H,4,9-15H2,1-3H3,(H,27,33). The van der Waals surface area contributed by atoms with Gasteiger partial charge in [0.05, 0.1) is 11.1 Å². The van der Waals surface area contributed by atoms with E-state index in [9.17, 15) is 4.79 Å². The van der Waals surface area contributed by atoms with Gasteiger partial charge in [-0.25, -0.2) is 14.8 Å². The number of para-hydroxylation sites is 1. The van der Waals surface area contributed by atoms with Crippen molar-refractivity contribution in [2.45, 2.75) is 39.7 Å². The van der Waals surface area contributed by atoms with E-state index in [-0.39, 0.29) is 11.9 Å². The number of hydrogen-bond donors (Lipinski definition) is 1. The lowest BCUT2D eigenvalue weighted by atomic mass is 10.0. The van der Waals surface area contributed by atoms with Gasteiger partial charge in [0.15, 0.2) is 0 Å². The van der Waals surface area contributed by atoms with E-state index in [4.69, 9.17) is 9.97 Å². The van der Waals surface area contributed by atoms with Crippen molar-refractivity contribution in [1.29, 1.82) is 0 Å². The Morgan fingerprint density at radius 1 is 1.15 bits per heavy atom. The number of fused-ring (bicyclic) bond motifs is 3. The first-order valence-corrected chi connectivity index (χ1v) is 13.7. The summed E-state index contributed by atoms with van der Waals surface area (Å²) in [6, 6.07) is 7.64. The number of piperazine rings is 1. The van der Waals surface area contributed by atoms with Crippen LogP contribution < -0.4 is 10.2 Å². The van der Waals surface area contributed by atoms with Gasteiger partial charge in [-0.05, 0) is 46.6 Å². The highest BCUT2D eigenvalue weighted by Crippen LogP contribution is 2.39. The van der Waals surface area contributed by atoms with Gasteiger partial charge in [0.25, 0.3) is 0 Å². The SMILES string of the molecule is CCN1CCc2c(sc3nc(C(C)C)nc(N4CCN(C(=O)Nc5ccccc5Br)CC4)c23)C1. The smallest absolute Gasteiger partial charge is 0.321 e. The molecule has 2 aliphatic heterocycles. The van der Waals surface area contributed by atoms with Crippen LogP contribution in [-0.4, -0.2) is 65.1 Å². The number of halogens is 1. The average molecular weight is 544 g/mol. The van der Waals surface area contributed by atoms with Crippen LogP contribution in [0.25, 0.3) is 10.2 Å². The van der Waals surface area contributed by atoms with Crippen LogP contribution in [0.1, 0.15) is 43.0 Å². The number of carbonyl (C=O) groups is 1. The molecule has 0 saturated carbocycles. The highest BCUT2D eigenvalue weighted by atomic mass is 79.9. The zero-order valence-electron chi connectivity index (χ0n) is 20.0. The van der Waals surface area contributed by atoms with Crippen LogP contribution in [0.4, 0.5) is 16.3 Å². The van der Waals surface area contributed by atoms with Crippen molar-refractivity contribution in [3.05, 3.63) is 45.0 Å². The number of hydrogen-bond acceptors (Lipinski definition) is 6. The average Bonchev–Trinajstić information content (AvgIpc) is 3.22. The van der Waals surface area contributed by atoms with Crippen LogP contribution in [0.5, 0.6) is 0 Å². The summed E-state index contributed by atoms with van der Waals surface area (Å²) < 4.78 is 0.885. The molecule has 0 spiro atoms. The summed E-state index contributed by atoms with van der Waals surface area (Å²) in [5.74, 6) is 2.23. The highest BCUT2D eigenvalue weighted by Gasteiger charge is 2.29. The van der Waals surface area contributed by atoms with Crippen molar-refractivity contribution >= 4 is 55.0 Å². The summed E-state index contributed by atoms with van der Waals surface area (Å²) >= 11 is 5.35. The van der Waals surface area contributed by atoms with Crippen molar-refractivity contribution in [3.8, 4) is 0 Å². The Hall–Kier alpha value is -2.23. The Morgan fingerprint density at radius 3 is 2.62 bits per heavy atom. The molecule has 2 aromatic heterocycles. The van der Waals surface area contributed by atoms with Gasteiger partial charge in [0, 0.05) is 54.5 Å². The molecular weight excluding hydrogens is 512 g/mol. The molecule has 2 amide bonds. The van der Waals surface area contributed by atoms with E-state index < -0.39 is 0 Å². The molecule has 5 rings (SSSR count). The summed E-state index contributed by atoms with van der Waals surface area (Å²) in [5, 5.41) is 4.27. The fourth-order valence-electron chi connectivity index (χ4n) is 4.68. The van der Waals surface area contributed by atoms with Crippen LogP contribution in [0.15, 0.2) is 28.7 Å². The molecule has 0 bridgehead atoms. The van der Waals surface area contributed by atoms with Gasteiger partial charge in [-0.3, -0.25) is 4.90 Å². The van der Waals surface area contributed by atoms with E-state index in [0.717, 1.165) is 65.8 Å². The van der Waals surface area contributed by atoms with E-state index in [0.29, 0.717) is 13.1 Å². The Balaban J connectivity index is 1.38. The summed E-state index contributed by atoms with van der Waals surface area (Å²) in [5.41, 5.74) is 2.23. The molecule has 3 aromatic rings. The first-order valence-electron chi connectivity index (χ1n) is 12.0. The molecule has 4 heterocycles. The lowest BCUT2D eigenvalue weighted by Crippen LogP contribution is -2.50. The molecule has 0 aliphatic carbocycles. The molecule has 1 aromatic carbocycles. The first-order chi connectivity index (χ1) is 16.4. The second kappa shape index (κ2) is 9.79. The maximum Gasteiger partial charge on any atom is 0.321 e. The third-order valence-corrected chi connectivity index (χ3v) is 8.53. The van der Waals surface area contributed by atoms with E-state index in [1.807, 2.05) is 40.5 Å². The van der Waals surface area contributed by atoms with Gasteiger partial charge in [0.1, 0.15) is 16.5 Å². The molecule has 180 valence electrons. The summed E-state index contributed by atoms with van der Waals surface area (Å²) in [4.78, 5) is 32.2. The third-order valence-electron chi connectivity index (χ3n) is 6.72. The van der Waals surface area contributed by atoms with Crippen LogP contribution in [0.3, 0.4) is 0 Å². The Kier molecular flexibility index (Phi) is 6.77. The number of nitrogens with one attached hydrogen (secondary N) is 1. The van der Waals surface area contributed by atoms with Crippen LogP contribution >= 0.6 is 27.3 Å². The Labute approximate surface area is 213 Å². The molecule has 1 saturated heterocycles. The second-order valence-corrected chi connectivity index (χ2v) is 11.2. The van der Waals surface area contributed by atoms with Crippen molar-refractivity contribution in [1.82, 2.24) is 19.8 Å². The summed E-state index contributed by atoms with van der Waals surface area (Å²) in [7, 11) is 0.